The maximum absolute atomic E-state index is 12.6. The fourth-order valence-corrected chi connectivity index (χ4v) is 4.86. The second-order valence-electron chi connectivity index (χ2n) is 5.82. The zero-order chi connectivity index (χ0) is 20.3. The van der Waals surface area contributed by atoms with Gasteiger partial charge in [0.2, 0.25) is 0 Å². The Morgan fingerprint density at radius 1 is 1.00 bits per heavy atom. The van der Waals surface area contributed by atoms with E-state index < -0.39 is 21.8 Å². The monoisotopic (exact) mass is 415 g/mol. The van der Waals surface area contributed by atoms with Gasteiger partial charge in [-0.1, -0.05) is 18.2 Å². The van der Waals surface area contributed by atoms with Gasteiger partial charge in [0.05, 0.1) is 16.9 Å². The van der Waals surface area contributed by atoms with Crippen LogP contribution >= 0.6 is 11.3 Å². The largest absolute Gasteiger partial charge is 0.366 e. The molecule has 0 aliphatic heterocycles. The standard InChI is InChI=1S/C19H17N3O4S2/c1-22(28(25,26)17-7-4-12-27-17)14-10-8-13(9-11-14)19(24)21-16-6-3-2-5-15(16)18(20)23/h2-12H,1H3,(H2,20,23)(H,21,24). The third kappa shape index (κ3) is 3.90. The number of hydrogen-bond acceptors (Lipinski definition) is 5. The normalized spacial score (nSPS) is 11.0. The second kappa shape index (κ2) is 7.83. The summed E-state index contributed by atoms with van der Waals surface area (Å²) in [5, 5.41) is 4.33. The average molecular weight is 415 g/mol. The van der Waals surface area contributed by atoms with E-state index in [0.717, 1.165) is 15.6 Å². The summed E-state index contributed by atoms with van der Waals surface area (Å²) in [6.07, 6.45) is 0. The Labute approximate surface area is 166 Å². The SMILES string of the molecule is CN(c1ccc(C(=O)Nc2ccccc2C(N)=O)cc1)S(=O)(=O)c1cccs1. The molecule has 0 atom stereocenters. The number of carbonyl (C=O) groups excluding carboxylic acids is 2. The van der Waals surface area contributed by atoms with Crippen molar-refractivity contribution in [2.45, 2.75) is 4.21 Å². The first-order valence-corrected chi connectivity index (χ1v) is 10.5. The first-order valence-electron chi connectivity index (χ1n) is 8.13. The Hall–Kier alpha value is -3.17. The van der Waals surface area contributed by atoms with Gasteiger partial charge in [-0.3, -0.25) is 13.9 Å². The van der Waals surface area contributed by atoms with Crippen LogP contribution in [-0.4, -0.2) is 27.3 Å². The van der Waals surface area contributed by atoms with Crippen LogP contribution < -0.4 is 15.4 Å². The molecule has 3 aromatic rings. The van der Waals surface area contributed by atoms with E-state index in [1.165, 1.54) is 31.3 Å². The number of nitrogens with one attached hydrogen (secondary N) is 1. The van der Waals surface area contributed by atoms with Crippen LogP contribution in [0.15, 0.2) is 70.3 Å². The van der Waals surface area contributed by atoms with Crippen molar-refractivity contribution in [2.24, 2.45) is 5.73 Å². The summed E-state index contributed by atoms with van der Waals surface area (Å²) in [6, 6.07) is 15.7. The van der Waals surface area contributed by atoms with Crippen molar-refractivity contribution in [2.75, 3.05) is 16.7 Å². The number of carbonyl (C=O) groups is 2. The molecule has 7 nitrogen and oxygen atoms in total. The molecule has 0 spiro atoms. The van der Waals surface area contributed by atoms with Gasteiger partial charge in [0.25, 0.3) is 21.8 Å². The van der Waals surface area contributed by atoms with E-state index in [-0.39, 0.29) is 9.77 Å². The summed E-state index contributed by atoms with van der Waals surface area (Å²) in [5.74, 6) is -1.09. The average Bonchev–Trinajstić information content (AvgIpc) is 3.23. The molecule has 1 aromatic heterocycles. The molecular weight excluding hydrogens is 398 g/mol. The van der Waals surface area contributed by atoms with Crippen LogP contribution in [-0.2, 0) is 10.0 Å². The minimum absolute atomic E-state index is 0.203. The molecule has 0 aliphatic carbocycles. The van der Waals surface area contributed by atoms with Gasteiger partial charge >= 0.3 is 0 Å². The zero-order valence-electron chi connectivity index (χ0n) is 14.8. The predicted octanol–water partition coefficient (Wildman–Crippen LogP) is 2.92. The van der Waals surface area contributed by atoms with Crippen molar-refractivity contribution >= 4 is 44.5 Å². The summed E-state index contributed by atoms with van der Waals surface area (Å²) in [4.78, 5) is 23.9. The van der Waals surface area contributed by atoms with Crippen molar-refractivity contribution in [1.29, 1.82) is 0 Å². The maximum atomic E-state index is 12.6. The van der Waals surface area contributed by atoms with Crippen molar-refractivity contribution < 1.29 is 18.0 Å². The number of hydrogen-bond donors (Lipinski definition) is 2. The summed E-state index contributed by atoms with van der Waals surface area (Å²) in [7, 11) is -2.19. The number of rotatable bonds is 6. The minimum Gasteiger partial charge on any atom is -0.366 e. The fourth-order valence-electron chi connectivity index (χ4n) is 2.51. The predicted molar refractivity (Wildman–Crippen MR) is 109 cm³/mol. The highest BCUT2D eigenvalue weighted by Crippen LogP contribution is 2.25. The highest BCUT2D eigenvalue weighted by atomic mass is 32.2. The highest BCUT2D eigenvalue weighted by molar-refractivity contribution is 7.94. The van der Waals surface area contributed by atoms with Gasteiger partial charge in [0.15, 0.2) is 0 Å². The van der Waals surface area contributed by atoms with E-state index in [0.29, 0.717) is 16.9 Å². The molecule has 0 saturated carbocycles. The summed E-state index contributed by atoms with van der Waals surface area (Å²) < 4.78 is 26.5. The summed E-state index contributed by atoms with van der Waals surface area (Å²) in [6.45, 7) is 0. The van der Waals surface area contributed by atoms with Crippen molar-refractivity contribution in [3.05, 3.63) is 77.2 Å². The Morgan fingerprint density at radius 3 is 2.29 bits per heavy atom. The molecule has 3 N–H and O–H groups in total. The van der Waals surface area contributed by atoms with E-state index in [1.54, 1.807) is 41.8 Å². The number of benzene rings is 2. The van der Waals surface area contributed by atoms with Gasteiger partial charge in [0.1, 0.15) is 4.21 Å². The molecule has 3 rings (SSSR count). The van der Waals surface area contributed by atoms with Crippen LogP contribution in [0.1, 0.15) is 20.7 Å². The van der Waals surface area contributed by atoms with E-state index in [4.69, 9.17) is 5.73 Å². The molecule has 0 radical (unpaired) electrons. The summed E-state index contributed by atoms with van der Waals surface area (Å²) in [5.41, 5.74) is 6.55. The van der Waals surface area contributed by atoms with E-state index in [9.17, 15) is 18.0 Å². The Morgan fingerprint density at radius 2 is 1.68 bits per heavy atom. The first-order chi connectivity index (χ1) is 13.3. The van der Waals surface area contributed by atoms with Crippen LogP contribution in [0.3, 0.4) is 0 Å². The fraction of sp³-hybridized carbons (Fsp3) is 0.0526. The number of para-hydroxylation sites is 1. The van der Waals surface area contributed by atoms with Crippen LogP contribution in [0, 0.1) is 0 Å². The van der Waals surface area contributed by atoms with E-state index >= 15 is 0 Å². The van der Waals surface area contributed by atoms with Gasteiger partial charge in [0, 0.05) is 12.6 Å². The van der Waals surface area contributed by atoms with Crippen LogP contribution in [0.4, 0.5) is 11.4 Å². The molecule has 0 unspecified atom stereocenters. The molecule has 1 heterocycles. The second-order valence-corrected chi connectivity index (χ2v) is 8.96. The van der Waals surface area contributed by atoms with Crippen LogP contribution in [0.2, 0.25) is 0 Å². The van der Waals surface area contributed by atoms with E-state index in [2.05, 4.69) is 5.32 Å². The van der Waals surface area contributed by atoms with Gasteiger partial charge in [-0.05, 0) is 47.8 Å². The molecule has 2 aromatic carbocycles. The van der Waals surface area contributed by atoms with Crippen molar-refractivity contribution in [3.63, 3.8) is 0 Å². The first kappa shape index (κ1) is 19.6. The Kier molecular flexibility index (Phi) is 5.48. The van der Waals surface area contributed by atoms with Gasteiger partial charge < -0.3 is 11.1 Å². The smallest absolute Gasteiger partial charge is 0.273 e. The molecular formula is C19H17N3O4S2. The number of anilines is 2. The molecule has 0 saturated heterocycles. The van der Waals surface area contributed by atoms with Gasteiger partial charge in [-0.2, -0.15) is 0 Å². The van der Waals surface area contributed by atoms with Crippen molar-refractivity contribution in [3.8, 4) is 0 Å². The maximum Gasteiger partial charge on any atom is 0.273 e. The molecule has 9 heteroatoms. The van der Waals surface area contributed by atoms with Crippen molar-refractivity contribution in [1.82, 2.24) is 0 Å². The third-order valence-electron chi connectivity index (χ3n) is 4.04. The summed E-state index contributed by atoms with van der Waals surface area (Å²) >= 11 is 1.13. The molecule has 0 bridgehead atoms. The number of nitrogens with zero attached hydrogens (tertiary/aromatic N) is 1. The minimum atomic E-state index is -3.65. The zero-order valence-corrected chi connectivity index (χ0v) is 16.5. The highest BCUT2D eigenvalue weighted by Gasteiger charge is 2.22. The lowest BCUT2D eigenvalue weighted by Crippen LogP contribution is -2.25. The van der Waals surface area contributed by atoms with Gasteiger partial charge in [-0.25, -0.2) is 8.42 Å². The molecule has 2 amide bonds. The number of nitrogens with two attached hydrogens (primary N) is 1. The number of thiophene rings is 1. The number of sulfonamides is 1. The van der Waals surface area contributed by atoms with E-state index in [1.807, 2.05) is 0 Å². The Bertz CT molecular complexity index is 1110. The molecule has 144 valence electrons. The topological polar surface area (TPSA) is 110 Å². The quantitative estimate of drug-likeness (QED) is 0.645. The third-order valence-corrected chi connectivity index (χ3v) is 7.20. The molecule has 28 heavy (non-hydrogen) atoms. The van der Waals surface area contributed by atoms with Crippen LogP contribution in [0.25, 0.3) is 0 Å². The molecule has 0 fully saturated rings. The lowest BCUT2D eigenvalue weighted by molar-refractivity contribution is 0.100. The number of primary amides is 1. The Balaban J connectivity index is 1.79. The molecule has 0 aliphatic rings. The lowest BCUT2D eigenvalue weighted by atomic mass is 10.1. The lowest BCUT2D eigenvalue weighted by Gasteiger charge is -2.18. The number of amides is 2. The van der Waals surface area contributed by atoms with Crippen LogP contribution in [0.5, 0.6) is 0 Å². The van der Waals surface area contributed by atoms with Gasteiger partial charge in [-0.15, -0.1) is 11.3 Å².